The van der Waals surface area contributed by atoms with E-state index < -0.39 is 17.8 Å². The Bertz CT molecular complexity index is 873. The van der Waals surface area contributed by atoms with Crippen LogP contribution in [-0.2, 0) is 0 Å². The average molecular weight is 300 g/mol. The van der Waals surface area contributed by atoms with E-state index in [-0.39, 0.29) is 5.69 Å². The molecule has 0 aliphatic rings. The van der Waals surface area contributed by atoms with Crippen LogP contribution >= 0.6 is 0 Å². The van der Waals surface area contributed by atoms with Crippen LogP contribution in [0.2, 0.25) is 0 Å². The number of carboxylic acid groups (broad SMARTS) is 1. The quantitative estimate of drug-likeness (QED) is 0.773. The third-order valence-electron chi connectivity index (χ3n) is 3.30. The van der Waals surface area contributed by atoms with Crippen molar-refractivity contribution in [1.29, 1.82) is 0 Å². The van der Waals surface area contributed by atoms with E-state index in [9.17, 15) is 14.3 Å². The zero-order chi connectivity index (χ0) is 15.9. The van der Waals surface area contributed by atoms with Crippen molar-refractivity contribution in [1.82, 2.24) is 14.4 Å². The summed E-state index contributed by atoms with van der Waals surface area (Å²) in [6.45, 7) is 1.73. The van der Waals surface area contributed by atoms with Crippen LogP contribution in [0.4, 0.5) is 4.39 Å². The third kappa shape index (κ3) is 2.21. The second kappa shape index (κ2) is 5.19. The molecule has 3 N–H and O–H groups in total. The highest BCUT2D eigenvalue weighted by Crippen LogP contribution is 2.29. The number of carbonyl (C=O) groups is 1. The Hall–Kier alpha value is -2.80. The zero-order valence-corrected chi connectivity index (χ0v) is 11.7. The van der Waals surface area contributed by atoms with Crippen LogP contribution in [0.5, 0.6) is 0 Å². The molecule has 0 bridgehead atoms. The number of halogens is 1. The maximum Gasteiger partial charge on any atom is 0.352 e. The predicted molar refractivity (Wildman–Crippen MR) is 77.9 cm³/mol. The van der Waals surface area contributed by atoms with E-state index in [1.54, 1.807) is 19.1 Å². The van der Waals surface area contributed by atoms with Crippen molar-refractivity contribution in [2.45, 2.75) is 13.0 Å². The molecule has 3 aromatic heterocycles. The number of carboxylic acids is 1. The van der Waals surface area contributed by atoms with Crippen LogP contribution < -0.4 is 5.73 Å². The molecule has 0 aliphatic carbocycles. The van der Waals surface area contributed by atoms with Gasteiger partial charge in [-0.2, -0.15) is 0 Å². The van der Waals surface area contributed by atoms with Crippen molar-refractivity contribution in [2.24, 2.45) is 5.73 Å². The highest BCUT2D eigenvalue weighted by atomic mass is 19.1. The van der Waals surface area contributed by atoms with Gasteiger partial charge in [0, 0.05) is 17.8 Å². The molecule has 0 amide bonds. The lowest BCUT2D eigenvalue weighted by Gasteiger charge is -2.09. The van der Waals surface area contributed by atoms with Gasteiger partial charge in [0.2, 0.25) is 0 Å². The summed E-state index contributed by atoms with van der Waals surface area (Å²) in [5.41, 5.74) is 7.75. The fourth-order valence-electron chi connectivity index (χ4n) is 2.41. The lowest BCUT2D eigenvalue weighted by atomic mass is 10.1. The topological polar surface area (TPSA) is 93.5 Å². The number of hydrogen-bond acceptors (Lipinski definition) is 4. The first-order chi connectivity index (χ1) is 10.5. The van der Waals surface area contributed by atoms with E-state index in [0.717, 1.165) is 6.20 Å². The van der Waals surface area contributed by atoms with Crippen molar-refractivity contribution >= 4 is 11.6 Å². The summed E-state index contributed by atoms with van der Waals surface area (Å²) in [4.78, 5) is 19.7. The number of aromatic nitrogens is 3. The number of pyridine rings is 2. The van der Waals surface area contributed by atoms with Gasteiger partial charge in [-0.1, -0.05) is 6.07 Å². The van der Waals surface area contributed by atoms with Crippen LogP contribution in [0.15, 0.2) is 36.7 Å². The molecule has 0 fully saturated rings. The fraction of sp³-hybridized carbons (Fsp3) is 0.133. The average Bonchev–Trinajstić information content (AvgIpc) is 2.86. The molecule has 6 nitrogen and oxygen atoms in total. The molecule has 7 heteroatoms. The Morgan fingerprint density at radius 2 is 2.18 bits per heavy atom. The van der Waals surface area contributed by atoms with E-state index in [2.05, 4.69) is 9.97 Å². The van der Waals surface area contributed by atoms with Gasteiger partial charge in [-0.25, -0.2) is 14.2 Å². The van der Waals surface area contributed by atoms with Crippen LogP contribution in [0.3, 0.4) is 0 Å². The summed E-state index contributed by atoms with van der Waals surface area (Å²) in [6, 6.07) is 5.57. The maximum absolute atomic E-state index is 13.5. The van der Waals surface area contributed by atoms with Gasteiger partial charge < -0.3 is 10.8 Å². The number of nitrogens with two attached hydrogens (primary N) is 1. The minimum absolute atomic E-state index is 0.0242. The maximum atomic E-state index is 13.5. The molecule has 3 heterocycles. The highest BCUT2D eigenvalue weighted by molar-refractivity contribution is 5.88. The summed E-state index contributed by atoms with van der Waals surface area (Å²) in [6.07, 6.45) is 2.54. The first kappa shape index (κ1) is 14.2. The Morgan fingerprint density at radius 1 is 1.41 bits per heavy atom. The number of fused-ring (bicyclic) bond motifs is 1. The van der Waals surface area contributed by atoms with E-state index >= 15 is 0 Å². The van der Waals surface area contributed by atoms with E-state index in [1.807, 2.05) is 0 Å². The van der Waals surface area contributed by atoms with Gasteiger partial charge in [-0.15, -0.1) is 0 Å². The van der Waals surface area contributed by atoms with Crippen LogP contribution in [0.25, 0.3) is 16.9 Å². The lowest BCUT2D eigenvalue weighted by Crippen LogP contribution is -2.09. The van der Waals surface area contributed by atoms with Gasteiger partial charge in [-0.05, 0) is 25.1 Å². The molecular weight excluding hydrogens is 287 g/mol. The highest BCUT2D eigenvalue weighted by Gasteiger charge is 2.21. The Labute approximate surface area is 125 Å². The number of rotatable bonds is 3. The molecule has 112 valence electrons. The van der Waals surface area contributed by atoms with Crippen molar-refractivity contribution in [3.63, 3.8) is 0 Å². The Morgan fingerprint density at radius 3 is 2.82 bits per heavy atom. The molecule has 0 spiro atoms. The third-order valence-corrected chi connectivity index (χ3v) is 3.30. The summed E-state index contributed by atoms with van der Waals surface area (Å²) in [5, 5.41) is 9.39. The van der Waals surface area contributed by atoms with Crippen molar-refractivity contribution < 1.29 is 14.3 Å². The second-order valence-electron chi connectivity index (χ2n) is 4.94. The Balaban J connectivity index is 2.44. The summed E-state index contributed by atoms with van der Waals surface area (Å²) >= 11 is 0. The molecule has 0 saturated carbocycles. The van der Waals surface area contributed by atoms with Gasteiger partial charge in [0.05, 0.1) is 17.6 Å². The molecule has 1 unspecified atom stereocenters. The minimum Gasteiger partial charge on any atom is -0.477 e. The smallest absolute Gasteiger partial charge is 0.352 e. The number of imidazole rings is 1. The first-order valence-corrected chi connectivity index (χ1v) is 6.60. The van der Waals surface area contributed by atoms with Crippen LogP contribution in [-0.4, -0.2) is 25.4 Å². The number of aromatic carboxylic acids is 1. The standard InChI is InChI=1S/C15H13FN4O2/c1-8(17)13-14(9-5-10(16)7-18-6-9)20-11(15(21)22)3-2-4-12(20)19-13/h2-8H,17H2,1H3,(H,21,22). The molecule has 22 heavy (non-hydrogen) atoms. The van der Waals surface area contributed by atoms with E-state index in [0.29, 0.717) is 22.6 Å². The monoisotopic (exact) mass is 300 g/mol. The summed E-state index contributed by atoms with van der Waals surface area (Å²) < 4.78 is 15.0. The van der Waals surface area contributed by atoms with Gasteiger partial charge in [0.25, 0.3) is 0 Å². The molecule has 3 rings (SSSR count). The molecule has 0 saturated heterocycles. The zero-order valence-electron chi connectivity index (χ0n) is 11.7. The normalized spacial score (nSPS) is 12.5. The number of nitrogens with zero attached hydrogens (tertiary/aromatic N) is 3. The van der Waals surface area contributed by atoms with Crippen LogP contribution in [0, 0.1) is 5.82 Å². The SMILES string of the molecule is CC(N)c1nc2cccc(C(=O)O)n2c1-c1cncc(F)c1. The first-order valence-electron chi connectivity index (χ1n) is 6.60. The lowest BCUT2D eigenvalue weighted by molar-refractivity contribution is 0.0689. The van der Waals surface area contributed by atoms with Gasteiger partial charge in [0.1, 0.15) is 17.2 Å². The minimum atomic E-state index is -1.11. The van der Waals surface area contributed by atoms with Crippen molar-refractivity contribution in [2.75, 3.05) is 0 Å². The van der Waals surface area contributed by atoms with Crippen molar-refractivity contribution in [3.8, 4) is 11.3 Å². The fourth-order valence-corrected chi connectivity index (χ4v) is 2.41. The molecule has 0 aromatic carbocycles. The predicted octanol–water partition coefficient (Wildman–Crippen LogP) is 2.25. The Kier molecular flexibility index (Phi) is 3.34. The van der Waals surface area contributed by atoms with E-state index in [4.69, 9.17) is 5.73 Å². The van der Waals surface area contributed by atoms with Gasteiger partial charge in [0.15, 0.2) is 0 Å². The summed E-state index contributed by atoms with van der Waals surface area (Å²) in [5.74, 6) is -1.62. The van der Waals surface area contributed by atoms with Crippen LogP contribution in [0.1, 0.15) is 29.1 Å². The summed E-state index contributed by atoms with van der Waals surface area (Å²) in [7, 11) is 0. The van der Waals surface area contributed by atoms with Gasteiger partial charge in [-0.3, -0.25) is 9.38 Å². The molecule has 1 atom stereocenters. The van der Waals surface area contributed by atoms with E-state index in [1.165, 1.54) is 22.7 Å². The molecular formula is C15H13FN4O2. The second-order valence-corrected chi connectivity index (χ2v) is 4.94. The molecule has 3 aromatic rings. The largest absolute Gasteiger partial charge is 0.477 e. The van der Waals surface area contributed by atoms with Gasteiger partial charge >= 0.3 is 5.97 Å². The van der Waals surface area contributed by atoms with Crippen molar-refractivity contribution in [3.05, 3.63) is 53.9 Å². The number of hydrogen-bond donors (Lipinski definition) is 2. The molecule has 0 aliphatic heterocycles. The molecule has 0 radical (unpaired) electrons.